The Morgan fingerprint density at radius 1 is 1.40 bits per heavy atom. The summed E-state index contributed by atoms with van der Waals surface area (Å²) in [4.78, 5) is 14.0. The van der Waals surface area contributed by atoms with Gasteiger partial charge in [0.2, 0.25) is 0 Å². The molecule has 0 saturated carbocycles. The third kappa shape index (κ3) is 3.88. The van der Waals surface area contributed by atoms with Gasteiger partial charge >= 0.3 is 0 Å². The maximum atomic E-state index is 13.1. The minimum Gasteiger partial charge on any atom is -0.383 e. The molecule has 0 aliphatic carbocycles. The SMILES string of the molecule is COC[C@H](C)NC(=O)c1cc2c(C)nn(Cc3ccc(F)cc3)c2s1. The second-order valence-electron chi connectivity index (χ2n) is 6.03. The lowest BCUT2D eigenvalue weighted by Gasteiger charge is -2.11. The quantitative estimate of drug-likeness (QED) is 0.732. The van der Waals surface area contributed by atoms with E-state index in [4.69, 9.17) is 4.74 Å². The van der Waals surface area contributed by atoms with E-state index in [2.05, 4.69) is 10.4 Å². The van der Waals surface area contributed by atoms with Crippen LogP contribution in [-0.2, 0) is 11.3 Å². The molecule has 0 aliphatic rings. The highest BCUT2D eigenvalue weighted by atomic mass is 32.1. The van der Waals surface area contributed by atoms with Gasteiger partial charge in [-0.25, -0.2) is 4.39 Å². The van der Waals surface area contributed by atoms with Gasteiger partial charge in [-0.15, -0.1) is 11.3 Å². The molecule has 0 saturated heterocycles. The van der Waals surface area contributed by atoms with Crippen molar-refractivity contribution in [2.24, 2.45) is 0 Å². The number of nitrogens with zero attached hydrogens (tertiary/aromatic N) is 2. The molecule has 1 N–H and O–H groups in total. The zero-order chi connectivity index (χ0) is 18.0. The van der Waals surface area contributed by atoms with Gasteiger partial charge in [-0.2, -0.15) is 5.10 Å². The van der Waals surface area contributed by atoms with Crippen molar-refractivity contribution in [2.75, 3.05) is 13.7 Å². The summed E-state index contributed by atoms with van der Waals surface area (Å²) in [6.45, 7) is 4.82. The van der Waals surface area contributed by atoms with Crippen LogP contribution in [0.2, 0.25) is 0 Å². The molecule has 0 radical (unpaired) electrons. The predicted octanol–water partition coefficient (Wildman–Crippen LogP) is 3.36. The van der Waals surface area contributed by atoms with E-state index in [1.165, 1.54) is 23.5 Å². The lowest BCUT2D eigenvalue weighted by atomic mass is 10.2. The fourth-order valence-corrected chi connectivity index (χ4v) is 3.75. The molecule has 2 aromatic heterocycles. The number of hydrogen-bond acceptors (Lipinski definition) is 4. The number of carbonyl (C=O) groups is 1. The van der Waals surface area contributed by atoms with Crippen LogP contribution in [-0.4, -0.2) is 35.4 Å². The zero-order valence-corrected chi connectivity index (χ0v) is 15.2. The Hall–Kier alpha value is -2.25. The summed E-state index contributed by atoms with van der Waals surface area (Å²) in [6.07, 6.45) is 0. The first-order valence-electron chi connectivity index (χ1n) is 7.99. The van der Waals surface area contributed by atoms with Crippen molar-refractivity contribution in [3.8, 4) is 0 Å². The van der Waals surface area contributed by atoms with Gasteiger partial charge in [-0.05, 0) is 37.6 Å². The molecule has 0 aliphatic heterocycles. The smallest absolute Gasteiger partial charge is 0.261 e. The van der Waals surface area contributed by atoms with Crippen LogP contribution in [0.4, 0.5) is 4.39 Å². The van der Waals surface area contributed by atoms with Gasteiger partial charge in [0.1, 0.15) is 10.6 Å². The summed E-state index contributed by atoms with van der Waals surface area (Å²) in [5.41, 5.74) is 1.83. The molecule has 25 heavy (non-hydrogen) atoms. The van der Waals surface area contributed by atoms with Crippen LogP contribution >= 0.6 is 11.3 Å². The van der Waals surface area contributed by atoms with E-state index in [9.17, 15) is 9.18 Å². The molecule has 0 bridgehead atoms. The molecule has 0 unspecified atom stereocenters. The molecule has 1 aromatic carbocycles. The lowest BCUT2D eigenvalue weighted by Crippen LogP contribution is -2.35. The Labute approximate surface area is 149 Å². The molecule has 132 valence electrons. The lowest BCUT2D eigenvalue weighted by molar-refractivity contribution is 0.0909. The molecule has 2 heterocycles. The van der Waals surface area contributed by atoms with Gasteiger partial charge < -0.3 is 10.1 Å². The first kappa shape index (κ1) is 17.6. The van der Waals surface area contributed by atoms with Crippen molar-refractivity contribution in [1.29, 1.82) is 0 Å². The number of amides is 1. The number of rotatable bonds is 6. The highest BCUT2D eigenvalue weighted by Gasteiger charge is 2.17. The van der Waals surface area contributed by atoms with Gasteiger partial charge in [0, 0.05) is 18.5 Å². The Morgan fingerprint density at radius 2 is 2.12 bits per heavy atom. The number of aromatic nitrogens is 2. The third-order valence-electron chi connectivity index (χ3n) is 3.87. The maximum Gasteiger partial charge on any atom is 0.261 e. The Morgan fingerprint density at radius 3 is 2.80 bits per heavy atom. The number of aryl methyl sites for hydroxylation is 1. The molecule has 1 atom stereocenters. The fraction of sp³-hybridized carbons (Fsp3) is 0.333. The number of halogens is 1. The number of fused-ring (bicyclic) bond motifs is 1. The second-order valence-corrected chi connectivity index (χ2v) is 7.06. The molecular formula is C18H20FN3O2S. The Bertz CT molecular complexity index is 886. The number of ether oxygens (including phenoxy) is 1. The number of nitrogens with one attached hydrogen (secondary N) is 1. The minimum absolute atomic E-state index is 0.0560. The van der Waals surface area contributed by atoms with E-state index in [1.807, 2.05) is 24.6 Å². The van der Waals surface area contributed by atoms with Crippen LogP contribution in [0.1, 0.15) is 27.9 Å². The van der Waals surface area contributed by atoms with Crippen molar-refractivity contribution in [2.45, 2.75) is 26.4 Å². The average Bonchev–Trinajstić information content (AvgIpc) is 3.12. The van der Waals surface area contributed by atoms with Gasteiger partial charge in [0.05, 0.1) is 23.7 Å². The highest BCUT2D eigenvalue weighted by molar-refractivity contribution is 7.20. The van der Waals surface area contributed by atoms with E-state index in [-0.39, 0.29) is 17.8 Å². The van der Waals surface area contributed by atoms with Crippen LogP contribution in [0.5, 0.6) is 0 Å². The van der Waals surface area contributed by atoms with Crippen molar-refractivity contribution < 1.29 is 13.9 Å². The van der Waals surface area contributed by atoms with Gasteiger partial charge in [-0.1, -0.05) is 12.1 Å². The van der Waals surface area contributed by atoms with Crippen molar-refractivity contribution >= 4 is 27.5 Å². The first-order valence-corrected chi connectivity index (χ1v) is 8.80. The maximum absolute atomic E-state index is 13.1. The third-order valence-corrected chi connectivity index (χ3v) is 5.02. The summed E-state index contributed by atoms with van der Waals surface area (Å²) < 4.78 is 20.0. The van der Waals surface area contributed by atoms with Crippen molar-refractivity contribution in [3.05, 3.63) is 52.3 Å². The Kier molecular flexibility index (Phi) is 5.15. The monoisotopic (exact) mass is 361 g/mol. The number of hydrogen-bond donors (Lipinski definition) is 1. The molecule has 0 fully saturated rings. The van der Waals surface area contributed by atoms with Gasteiger partial charge in [-0.3, -0.25) is 9.48 Å². The molecular weight excluding hydrogens is 341 g/mol. The van der Waals surface area contributed by atoms with E-state index < -0.39 is 0 Å². The molecule has 3 aromatic rings. The summed E-state index contributed by atoms with van der Waals surface area (Å²) in [7, 11) is 1.61. The van der Waals surface area contributed by atoms with E-state index >= 15 is 0 Å². The van der Waals surface area contributed by atoms with E-state index in [0.717, 1.165) is 21.5 Å². The van der Waals surface area contributed by atoms with Crippen LogP contribution in [0, 0.1) is 12.7 Å². The fourth-order valence-electron chi connectivity index (χ4n) is 2.68. The Balaban J connectivity index is 1.85. The largest absolute Gasteiger partial charge is 0.383 e. The van der Waals surface area contributed by atoms with Crippen LogP contribution in [0.3, 0.4) is 0 Å². The van der Waals surface area contributed by atoms with Crippen LogP contribution < -0.4 is 5.32 Å². The molecule has 1 amide bonds. The number of carbonyl (C=O) groups excluding carboxylic acids is 1. The molecule has 3 rings (SSSR count). The number of benzene rings is 1. The van der Waals surface area contributed by atoms with Gasteiger partial charge in [0.25, 0.3) is 5.91 Å². The van der Waals surface area contributed by atoms with Gasteiger partial charge in [0.15, 0.2) is 0 Å². The average molecular weight is 361 g/mol. The molecule has 0 spiro atoms. The summed E-state index contributed by atoms with van der Waals surface area (Å²) in [5.74, 6) is -0.371. The highest BCUT2D eigenvalue weighted by Crippen LogP contribution is 2.29. The normalized spacial score (nSPS) is 12.5. The van der Waals surface area contributed by atoms with E-state index in [1.54, 1.807) is 19.2 Å². The topological polar surface area (TPSA) is 56.1 Å². The second kappa shape index (κ2) is 7.33. The molecule has 7 heteroatoms. The number of thiophene rings is 1. The summed E-state index contributed by atoms with van der Waals surface area (Å²) in [6, 6.07) is 8.18. The minimum atomic E-state index is -0.259. The van der Waals surface area contributed by atoms with Crippen LogP contribution in [0.15, 0.2) is 30.3 Å². The zero-order valence-electron chi connectivity index (χ0n) is 14.4. The van der Waals surface area contributed by atoms with E-state index in [0.29, 0.717) is 18.0 Å². The standard InChI is InChI=1S/C18H20FN3O2S/c1-11(10-24-3)20-17(23)16-8-15-12(2)21-22(18(15)25-16)9-13-4-6-14(19)7-5-13/h4-8,11H,9-10H2,1-3H3,(H,20,23)/t11-/m0/s1. The van der Waals surface area contributed by atoms with Crippen molar-refractivity contribution in [1.82, 2.24) is 15.1 Å². The van der Waals surface area contributed by atoms with Crippen LogP contribution in [0.25, 0.3) is 10.2 Å². The predicted molar refractivity (Wildman–Crippen MR) is 96.7 cm³/mol. The molecule has 5 nitrogen and oxygen atoms in total. The summed E-state index contributed by atoms with van der Waals surface area (Å²) in [5, 5.41) is 8.43. The number of methoxy groups -OCH3 is 1. The first-order chi connectivity index (χ1) is 12.0. The summed E-state index contributed by atoms with van der Waals surface area (Å²) >= 11 is 1.41. The van der Waals surface area contributed by atoms with Crippen molar-refractivity contribution in [3.63, 3.8) is 0 Å².